The molecule has 1 aromatic rings. The van der Waals surface area contributed by atoms with E-state index in [2.05, 4.69) is 16.7 Å². The summed E-state index contributed by atoms with van der Waals surface area (Å²) in [6.07, 6.45) is -0.0118. The molecule has 2 heterocycles. The number of anilines is 1. The van der Waals surface area contributed by atoms with Gasteiger partial charge in [-0.15, -0.1) is 0 Å². The molecule has 1 aromatic carbocycles. The molecule has 1 aliphatic carbocycles. The third-order valence-electron chi connectivity index (χ3n) is 5.94. The predicted octanol–water partition coefficient (Wildman–Crippen LogP) is 1.49. The van der Waals surface area contributed by atoms with Crippen LogP contribution in [0.3, 0.4) is 0 Å². The number of nitriles is 1. The van der Waals surface area contributed by atoms with Gasteiger partial charge in [0.2, 0.25) is 5.91 Å². The summed E-state index contributed by atoms with van der Waals surface area (Å²) in [5.41, 5.74) is -0.0937. The summed E-state index contributed by atoms with van der Waals surface area (Å²) in [6.45, 7) is 3.14. The first kappa shape index (κ1) is 17.6. The van der Waals surface area contributed by atoms with E-state index in [1.54, 1.807) is 12.1 Å². The van der Waals surface area contributed by atoms with E-state index in [1.807, 2.05) is 4.90 Å². The van der Waals surface area contributed by atoms with Gasteiger partial charge < -0.3 is 20.3 Å². The topological polar surface area (TPSA) is 94.5 Å². The Hall–Kier alpha value is -2.82. The number of rotatable bonds is 5. The normalized spacial score (nSPS) is 30.9. The van der Waals surface area contributed by atoms with E-state index in [9.17, 15) is 14.0 Å². The summed E-state index contributed by atoms with van der Waals surface area (Å²) >= 11 is 0. The van der Waals surface area contributed by atoms with E-state index in [-0.39, 0.29) is 24.8 Å². The zero-order valence-corrected chi connectivity index (χ0v) is 15.0. The van der Waals surface area contributed by atoms with Gasteiger partial charge in [-0.05, 0) is 29.9 Å². The van der Waals surface area contributed by atoms with E-state index < -0.39 is 11.7 Å². The summed E-state index contributed by atoms with van der Waals surface area (Å²) in [7, 11) is 0. The summed E-state index contributed by atoms with van der Waals surface area (Å²) in [4.78, 5) is 24.9. The number of benzene rings is 1. The van der Waals surface area contributed by atoms with Crippen molar-refractivity contribution in [1.82, 2.24) is 10.6 Å². The molecule has 4 atom stereocenters. The van der Waals surface area contributed by atoms with E-state index >= 15 is 0 Å². The Bertz CT molecular complexity index is 827. The molecule has 27 heavy (non-hydrogen) atoms. The zero-order chi connectivity index (χ0) is 19.2. The van der Waals surface area contributed by atoms with Crippen LogP contribution in [-0.4, -0.2) is 38.2 Å². The van der Waals surface area contributed by atoms with Crippen LogP contribution in [0.25, 0.3) is 0 Å². The monoisotopic (exact) mass is 372 g/mol. The molecule has 7 nitrogen and oxygen atoms in total. The lowest BCUT2D eigenvalue weighted by atomic mass is 9.93. The van der Waals surface area contributed by atoms with Crippen molar-refractivity contribution in [1.29, 1.82) is 5.26 Å². The Morgan fingerprint density at radius 2 is 2.22 bits per heavy atom. The molecule has 3 fully saturated rings. The number of alkyl carbamates (subject to hydrolysis) is 1. The molecule has 0 spiro atoms. The van der Waals surface area contributed by atoms with Crippen LogP contribution in [0.5, 0.6) is 0 Å². The highest BCUT2D eigenvalue weighted by Crippen LogP contribution is 2.54. The van der Waals surface area contributed by atoms with Crippen molar-refractivity contribution in [3.05, 3.63) is 29.6 Å². The molecule has 0 bridgehead atoms. The lowest BCUT2D eigenvalue weighted by Gasteiger charge is -2.28. The highest BCUT2D eigenvalue weighted by Gasteiger charge is 2.55. The Morgan fingerprint density at radius 3 is 2.78 bits per heavy atom. The van der Waals surface area contributed by atoms with Crippen LogP contribution in [0.1, 0.15) is 18.9 Å². The van der Waals surface area contributed by atoms with Crippen molar-refractivity contribution in [3.8, 4) is 6.07 Å². The first-order chi connectivity index (χ1) is 12.9. The molecular weight excluding hydrogens is 351 g/mol. The molecule has 0 aromatic heterocycles. The van der Waals surface area contributed by atoms with Gasteiger partial charge in [0.05, 0.1) is 24.8 Å². The maximum Gasteiger partial charge on any atom is 0.408 e. The van der Waals surface area contributed by atoms with Crippen molar-refractivity contribution in [2.75, 3.05) is 31.1 Å². The summed E-state index contributed by atoms with van der Waals surface area (Å²) in [6, 6.07) is 7.06. The fraction of sp³-hybridized carbons (Fsp3) is 0.526. The Labute approximate surface area is 156 Å². The lowest BCUT2D eigenvalue weighted by molar-refractivity contribution is -0.120. The number of carbonyl (C=O) groups is 2. The third kappa shape index (κ3) is 3.07. The Morgan fingerprint density at radius 1 is 1.48 bits per heavy atom. The van der Waals surface area contributed by atoms with Crippen molar-refractivity contribution in [3.63, 3.8) is 0 Å². The number of carbonyl (C=O) groups excluding carboxylic acids is 2. The molecule has 142 valence electrons. The first-order valence-electron chi connectivity index (χ1n) is 9.07. The van der Waals surface area contributed by atoms with Crippen LogP contribution in [-0.2, 0) is 15.1 Å². The molecule has 2 amide bonds. The minimum absolute atomic E-state index is 0.0730. The van der Waals surface area contributed by atoms with Crippen LogP contribution < -0.4 is 15.5 Å². The number of ether oxygens (including phenoxy) is 1. The van der Waals surface area contributed by atoms with Crippen molar-refractivity contribution in [2.24, 2.45) is 17.8 Å². The summed E-state index contributed by atoms with van der Waals surface area (Å²) in [5, 5.41) is 14.1. The summed E-state index contributed by atoms with van der Waals surface area (Å²) in [5.74, 6) is 0.788. The maximum atomic E-state index is 14.9. The Kier molecular flexibility index (Phi) is 4.17. The Balaban J connectivity index is 1.52. The van der Waals surface area contributed by atoms with Crippen molar-refractivity contribution in [2.45, 2.75) is 18.9 Å². The molecule has 1 saturated carbocycles. The molecule has 4 rings (SSSR count). The highest BCUT2D eigenvalue weighted by atomic mass is 19.1. The van der Waals surface area contributed by atoms with Gasteiger partial charge in [-0.2, -0.15) is 5.26 Å². The molecular formula is C19H21FN4O3. The van der Waals surface area contributed by atoms with Gasteiger partial charge in [0.1, 0.15) is 5.82 Å². The van der Waals surface area contributed by atoms with Gasteiger partial charge in [0, 0.05) is 32.0 Å². The fourth-order valence-electron chi connectivity index (χ4n) is 4.39. The highest BCUT2D eigenvalue weighted by molar-refractivity contribution is 5.74. The standard InChI is InChI=1S/C19H21FN4O3/c1-11(25)22-9-19(10-23-18(26)27-19)12-2-3-17(16(20)6-12)24-7-14-13(4-5-21)15(14)8-24/h2-3,6,13-15H,4,7-10H2,1H3,(H,22,25)(H,23,26)/t13-,14-,15+,19-/m0/s1. The first-order valence-corrected chi connectivity index (χ1v) is 9.07. The number of cyclic esters (lactones) is 1. The van der Waals surface area contributed by atoms with Gasteiger partial charge in [-0.25, -0.2) is 9.18 Å². The minimum atomic E-state index is -1.12. The average molecular weight is 372 g/mol. The quantitative estimate of drug-likeness (QED) is 0.817. The number of nitrogens with zero attached hydrogens (tertiary/aromatic N) is 2. The molecule has 3 aliphatic rings. The second-order valence-electron chi connectivity index (χ2n) is 7.57. The number of amides is 2. The maximum absolute atomic E-state index is 14.9. The molecule has 8 heteroatoms. The number of nitrogens with one attached hydrogen (secondary N) is 2. The number of halogens is 1. The van der Waals surface area contributed by atoms with Gasteiger partial charge in [0.15, 0.2) is 5.60 Å². The smallest absolute Gasteiger partial charge is 0.408 e. The fourth-order valence-corrected chi connectivity index (χ4v) is 4.39. The molecule has 0 unspecified atom stereocenters. The molecule has 2 aliphatic heterocycles. The molecule has 0 radical (unpaired) electrons. The van der Waals surface area contributed by atoms with Crippen LogP contribution in [0.15, 0.2) is 18.2 Å². The third-order valence-corrected chi connectivity index (χ3v) is 5.94. The van der Waals surface area contributed by atoms with Gasteiger partial charge in [-0.3, -0.25) is 4.79 Å². The minimum Gasteiger partial charge on any atom is -0.434 e. The average Bonchev–Trinajstić information content (AvgIpc) is 2.99. The number of hydrogen-bond donors (Lipinski definition) is 2. The molecule has 2 N–H and O–H groups in total. The van der Waals surface area contributed by atoms with E-state index in [0.29, 0.717) is 35.4 Å². The van der Waals surface area contributed by atoms with E-state index in [1.165, 1.54) is 13.0 Å². The largest absolute Gasteiger partial charge is 0.434 e. The van der Waals surface area contributed by atoms with Crippen molar-refractivity contribution < 1.29 is 18.7 Å². The van der Waals surface area contributed by atoms with Crippen molar-refractivity contribution >= 4 is 17.7 Å². The molecule has 2 saturated heterocycles. The van der Waals surface area contributed by atoms with Crippen LogP contribution >= 0.6 is 0 Å². The number of piperidine rings is 1. The van der Waals surface area contributed by atoms with Crippen LogP contribution in [0.2, 0.25) is 0 Å². The van der Waals surface area contributed by atoms with Crippen LogP contribution in [0.4, 0.5) is 14.9 Å². The SMILES string of the molecule is CC(=O)NC[C@@]1(c2ccc(N3C[C@@H]4[C@@H](CC#N)[C@@H]4C3)c(F)c2)CNC(=O)O1. The second kappa shape index (κ2) is 6.41. The van der Waals surface area contributed by atoms with Gasteiger partial charge in [-0.1, -0.05) is 6.07 Å². The predicted molar refractivity (Wildman–Crippen MR) is 94.2 cm³/mol. The van der Waals surface area contributed by atoms with E-state index in [4.69, 9.17) is 10.00 Å². The number of fused-ring (bicyclic) bond motifs is 1. The lowest BCUT2D eigenvalue weighted by Crippen LogP contribution is -2.43. The number of hydrogen-bond acceptors (Lipinski definition) is 5. The second-order valence-corrected chi connectivity index (χ2v) is 7.57. The van der Waals surface area contributed by atoms with Crippen LogP contribution in [0, 0.1) is 34.9 Å². The van der Waals surface area contributed by atoms with E-state index in [0.717, 1.165) is 13.1 Å². The van der Waals surface area contributed by atoms with Gasteiger partial charge >= 0.3 is 6.09 Å². The zero-order valence-electron chi connectivity index (χ0n) is 15.0. The summed E-state index contributed by atoms with van der Waals surface area (Å²) < 4.78 is 20.3. The van der Waals surface area contributed by atoms with Gasteiger partial charge in [0.25, 0.3) is 0 Å².